The third-order valence-electron chi connectivity index (χ3n) is 11.1. The molecule has 8 aromatic rings. The lowest BCUT2D eigenvalue weighted by atomic mass is 10.0. The fourth-order valence-electron chi connectivity index (χ4n) is 7.90. The van der Waals surface area contributed by atoms with E-state index in [4.69, 9.17) is 9.97 Å². The van der Waals surface area contributed by atoms with E-state index in [1.165, 1.54) is 35.5 Å². The molecule has 4 aromatic heterocycles. The topological polar surface area (TPSA) is 25.8 Å². The number of benzene rings is 4. The van der Waals surface area contributed by atoms with E-state index < -0.39 is 8.07 Å². The highest BCUT2D eigenvalue weighted by Crippen LogP contribution is 2.43. The second kappa shape index (κ2) is 16.2. The Hall–Kier alpha value is -6.20. The van der Waals surface area contributed by atoms with Crippen molar-refractivity contribution in [2.45, 2.75) is 40.4 Å². The summed E-state index contributed by atoms with van der Waals surface area (Å²) in [4.78, 5) is 11.1. The Kier molecular flexibility index (Phi) is 10.5. The normalized spacial score (nSPS) is 12.1. The van der Waals surface area contributed by atoms with Crippen molar-refractivity contribution in [3.05, 3.63) is 178 Å². The van der Waals surface area contributed by atoms with Crippen LogP contribution in [0, 0.1) is 32.2 Å². The van der Waals surface area contributed by atoms with Crippen molar-refractivity contribution < 1.29 is 0 Å². The van der Waals surface area contributed by atoms with Crippen molar-refractivity contribution in [2.75, 3.05) is 0 Å². The van der Waals surface area contributed by atoms with Crippen LogP contribution in [0.15, 0.2) is 133 Å². The van der Waals surface area contributed by atoms with Gasteiger partial charge in [0.05, 0.1) is 22.8 Å². The van der Waals surface area contributed by atoms with Gasteiger partial charge in [0, 0.05) is 56.0 Å². The number of fused-ring (bicyclic) bond motifs is 11. The second-order valence-corrected chi connectivity index (χ2v) is 25.1. The lowest BCUT2D eigenvalue weighted by Crippen LogP contribution is -2.16. The monoisotopic (exact) mass is 868 g/mol. The summed E-state index contributed by atoms with van der Waals surface area (Å²) in [7, 11) is -1.53. The fourth-order valence-corrected chi connectivity index (χ4v) is 11.8. The van der Waals surface area contributed by atoms with Crippen molar-refractivity contribution in [3.63, 3.8) is 0 Å². The quantitative estimate of drug-likeness (QED) is 0.130. The third-order valence-corrected chi connectivity index (χ3v) is 15.5. The number of nitrogens with zero attached hydrogens (tertiary/aromatic N) is 2. The SMILES string of the molecule is Cc1ccc(-c2c3nc(c(-c4ccc(C)cc4)c4ccc(s4)c4ccc(s4)c(-c4ccc(C)cc4)c4nc(c(-c5ccc(C#C[Si](C)(C)C)cc5)c5ccc2s5)C=C4)C=C3)cc1. The molecule has 2 nitrogen and oxygen atoms in total. The summed E-state index contributed by atoms with van der Waals surface area (Å²) in [5.74, 6) is 3.46. The van der Waals surface area contributed by atoms with E-state index in [9.17, 15) is 0 Å². The molecule has 0 aliphatic carbocycles. The number of hydrogen-bond donors (Lipinski definition) is 0. The fraction of sp³-hybridized carbons (Fsp3) is 0.107. The first-order valence-corrected chi connectivity index (χ1v) is 26.9. The Morgan fingerprint density at radius 2 is 0.629 bits per heavy atom. The van der Waals surface area contributed by atoms with E-state index in [1.807, 2.05) is 22.7 Å². The van der Waals surface area contributed by atoms with Gasteiger partial charge in [0.2, 0.25) is 0 Å². The van der Waals surface area contributed by atoms with Crippen LogP contribution in [-0.4, -0.2) is 18.0 Å². The van der Waals surface area contributed by atoms with Crippen LogP contribution in [0.1, 0.15) is 45.0 Å². The van der Waals surface area contributed by atoms with Crippen molar-refractivity contribution in [1.29, 1.82) is 0 Å². The van der Waals surface area contributed by atoms with Crippen molar-refractivity contribution in [1.82, 2.24) is 9.97 Å². The minimum absolute atomic E-state index is 0.944. The molecule has 2 aliphatic rings. The molecule has 0 saturated carbocycles. The molecule has 2 aliphatic heterocycles. The van der Waals surface area contributed by atoms with E-state index in [0.29, 0.717) is 0 Å². The van der Waals surface area contributed by atoms with Gasteiger partial charge < -0.3 is 0 Å². The zero-order chi connectivity index (χ0) is 42.5. The molecule has 0 spiro atoms. The Morgan fingerprint density at radius 1 is 0.355 bits per heavy atom. The maximum atomic E-state index is 5.54. The summed E-state index contributed by atoms with van der Waals surface area (Å²) in [5, 5.41) is 0. The molecule has 6 heteroatoms. The molecule has 0 radical (unpaired) electrons. The van der Waals surface area contributed by atoms with Crippen molar-refractivity contribution in [2.24, 2.45) is 0 Å². The highest BCUT2D eigenvalue weighted by Gasteiger charge is 2.19. The van der Waals surface area contributed by atoms with Gasteiger partial charge in [0.1, 0.15) is 8.07 Å². The molecule has 0 N–H and O–H groups in total. The van der Waals surface area contributed by atoms with E-state index in [0.717, 1.165) is 82.2 Å². The van der Waals surface area contributed by atoms with Gasteiger partial charge in [-0.15, -0.1) is 39.6 Å². The first kappa shape index (κ1) is 39.9. The average molecular weight is 869 g/mol. The van der Waals surface area contributed by atoms with Gasteiger partial charge in [0.15, 0.2) is 0 Å². The Morgan fingerprint density at radius 3 is 0.935 bits per heavy atom. The third kappa shape index (κ3) is 8.01. The number of aromatic nitrogens is 2. The number of rotatable bonds is 4. The molecule has 4 aromatic carbocycles. The minimum Gasteiger partial charge on any atom is -0.248 e. The van der Waals surface area contributed by atoms with Crippen LogP contribution < -0.4 is 0 Å². The van der Waals surface area contributed by atoms with Crippen LogP contribution in [0.2, 0.25) is 19.6 Å². The Balaban J connectivity index is 1.34. The summed E-state index contributed by atoms with van der Waals surface area (Å²) in [6.07, 6.45) is 8.81. The summed E-state index contributed by atoms with van der Waals surface area (Å²) in [5.41, 5.74) is 21.2. The summed E-state index contributed by atoms with van der Waals surface area (Å²) in [6.45, 7) is 13.3. The summed E-state index contributed by atoms with van der Waals surface area (Å²) < 4.78 is 7.15. The van der Waals surface area contributed by atoms with E-state index in [2.05, 4.69) is 210 Å². The molecule has 0 saturated heterocycles. The zero-order valence-corrected chi connectivity index (χ0v) is 39.1. The van der Waals surface area contributed by atoms with E-state index >= 15 is 0 Å². The average Bonchev–Trinajstić information content (AvgIpc) is 4.13. The van der Waals surface area contributed by atoms with Crippen LogP contribution in [-0.2, 0) is 0 Å². The highest BCUT2D eigenvalue weighted by molar-refractivity contribution is 7.31. The second-order valence-electron chi connectivity index (χ2n) is 17.1. The standard InChI is InChI=1S/C56H44N2S3Si/c1-35-7-15-39(16-8-35)53-43-23-25-45(57-43)55(41-19-11-37(3)12-20-41)51-31-32-52(61-51)56(42-21-13-38(14-22-42)33-34-62(4,5)6)46-26-24-44(58-46)54(40-17-9-36(2)10-18-40)50-30-28-48(60-50)47-27-29-49(53)59-47/h7-32H,1-6H3. The van der Waals surface area contributed by atoms with Gasteiger partial charge >= 0.3 is 0 Å². The largest absolute Gasteiger partial charge is 0.248 e. The molecule has 62 heavy (non-hydrogen) atoms. The molecular weight excluding hydrogens is 825 g/mol. The van der Waals surface area contributed by atoms with Gasteiger partial charge in [-0.25, -0.2) is 9.97 Å². The maximum Gasteiger partial charge on any atom is 0.129 e. The summed E-state index contributed by atoms with van der Waals surface area (Å²) in [6, 6.07) is 49.0. The van der Waals surface area contributed by atoms with Crippen LogP contribution in [0.25, 0.3) is 97.0 Å². The van der Waals surface area contributed by atoms with Gasteiger partial charge in [-0.05, 0) is 116 Å². The smallest absolute Gasteiger partial charge is 0.129 e. The summed E-state index contributed by atoms with van der Waals surface area (Å²) >= 11 is 5.46. The van der Waals surface area contributed by atoms with Gasteiger partial charge in [-0.1, -0.05) is 127 Å². The Bertz CT molecular complexity index is 3380. The van der Waals surface area contributed by atoms with Crippen molar-refractivity contribution in [3.8, 4) is 56.0 Å². The lowest BCUT2D eigenvalue weighted by molar-refractivity contribution is 1.33. The van der Waals surface area contributed by atoms with Gasteiger partial charge in [-0.3, -0.25) is 0 Å². The van der Waals surface area contributed by atoms with E-state index in [1.54, 1.807) is 11.3 Å². The van der Waals surface area contributed by atoms with E-state index in [-0.39, 0.29) is 0 Å². The first-order chi connectivity index (χ1) is 30.0. The lowest BCUT2D eigenvalue weighted by Gasteiger charge is -2.06. The molecule has 0 fully saturated rings. The van der Waals surface area contributed by atoms with Crippen molar-refractivity contribution >= 4 is 94.6 Å². The predicted molar refractivity (Wildman–Crippen MR) is 276 cm³/mol. The first-order valence-electron chi connectivity index (χ1n) is 21.0. The minimum atomic E-state index is -1.53. The number of hydrogen-bond acceptors (Lipinski definition) is 5. The zero-order valence-electron chi connectivity index (χ0n) is 35.6. The molecule has 300 valence electrons. The van der Waals surface area contributed by atoms with Gasteiger partial charge in [-0.2, -0.15) is 0 Å². The molecule has 0 amide bonds. The van der Waals surface area contributed by atoms with Crippen LogP contribution >= 0.6 is 34.0 Å². The number of aryl methyl sites for hydroxylation is 3. The number of thiophene rings is 3. The molecule has 10 bridgehead atoms. The predicted octanol–water partition coefficient (Wildman–Crippen LogP) is 16.7. The van der Waals surface area contributed by atoms with Gasteiger partial charge in [0.25, 0.3) is 0 Å². The Labute approximate surface area is 377 Å². The molecule has 0 atom stereocenters. The van der Waals surface area contributed by atoms with Crippen LogP contribution in [0.5, 0.6) is 0 Å². The van der Waals surface area contributed by atoms with Crippen LogP contribution in [0.4, 0.5) is 0 Å². The molecule has 10 rings (SSSR count). The maximum absolute atomic E-state index is 5.54. The molecular formula is C56H44N2S3Si. The molecule has 0 unspecified atom stereocenters. The molecule has 6 heterocycles. The highest BCUT2D eigenvalue weighted by atomic mass is 32.1. The van der Waals surface area contributed by atoms with Crippen LogP contribution in [0.3, 0.4) is 0 Å².